The molecular weight excluding hydrogens is 392 g/mol. The number of benzene rings is 2. The van der Waals surface area contributed by atoms with Crippen LogP contribution in [0.25, 0.3) is 11.0 Å². The first-order valence-electron chi connectivity index (χ1n) is 8.64. The van der Waals surface area contributed by atoms with Gasteiger partial charge in [0.05, 0.1) is 17.6 Å². The van der Waals surface area contributed by atoms with Gasteiger partial charge in [-0.25, -0.2) is 9.37 Å². The molecule has 0 fully saturated rings. The monoisotopic (exact) mass is 410 g/mol. The molecule has 0 unspecified atom stereocenters. The van der Waals surface area contributed by atoms with Crippen LogP contribution < -0.4 is 10.1 Å². The zero-order chi connectivity index (χ0) is 21.0. The van der Waals surface area contributed by atoms with Crippen molar-refractivity contribution in [3.05, 3.63) is 54.1 Å². The van der Waals surface area contributed by atoms with Crippen LogP contribution in [0.3, 0.4) is 0 Å². The number of H-pyrrole nitrogens is 1. The van der Waals surface area contributed by atoms with E-state index in [2.05, 4.69) is 15.3 Å². The Labute approximate surface area is 163 Å². The molecule has 0 radical (unpaired) electrons. The highest BCUT2D eigenvalue weighted by molar-refractivity contribution is 5.94. The fourth-order valence-corrected chi connectivity index (χ4v) is 2.60. The van der Waals surface area contributed by atoms with E-state index >= 15 is 0 Å². The first kappa shape index (κ1) is 20.6. The smallest absolute Gasteiger partial charge is 0.449 e. The van der Waals surface area contributed by atoms with Crippen molar-refractivity contribution in [2.75, 3.05) is 32.1 Å². The lowest BCUT2D eigenvalue weighted by molar-refractivity contribution is -0.144. The Morgan fingerprint density at radius 1 is 1.21 bits per heavy atom. The summed E-state index contributed by atoms with van der Waals surface area (Å²) in [7, 11) is 1.72. The van der Waals surface area contributed by atoms with Crippen molar-refractivity contribution in [1.82, 2.24) is 14.9 Å². The van der Waals surface area contributed by atoms with E-state index in [9.17, 15) is 22.4 Å². The van der Waals surface area contributed by atoms with E-state index in [-0.39, 0.29) is 29.3 Å². The van der Waals surface area contributed by atoms with Gasteiger partial charge in [0.15, 0.2) is 0 Å². The van der Waals surface area contributed by atoms with E-state index < -0.39 is 12.0 Å². The summed E-state index contributed by atoms with van der Waals surface area (Å²) in [6.45, 7) is 0.802. The number of rotatable bonds is 7. The second-order valence-electron chi connectivity index (χ2n) is 6.40. The quantitative estimate of drug-likeness (QED) is 0.583. The third-order valence-corrected chi connectivity index (χ3v) is 4.00. The number of nitrogens with zero attached hydrogens (tertiary/aromatic N) is 2. The number of alkyl halides is 3. The summed E-state index contributed by atoms with van der Waals surface area (Å²) in [5.74, 6) is -1.24. The summed E-state index contributed by atoms with van der Waals surface area (Å²) in [5.41, 5.74) is 0.692. The summed E-state index contributed by atoms with van der Waals surface area (Å²) < 4.78 is 56.4. The predicted molar refractivity (Wildman–Crippen MR) is 99.1 cm³/mol. The average molecular weight is 410 g/mol. The van der Waals surface area contributed by atoms with Gasteiger partial charge >= 0.3 is 6.18 Å². The van der Waals surface area contributed by atoms with E-state index in [4.69, 9.17) is 4.74 Å². The van der Waals surface area contributed by atoms with E-state index in [0.717, 1.165) is 0 Å². The Kier molecular flexibility index (Phi) is 6.02. The Hall–Kier alpha value is -3.14. The Morgan fingerprint density at radius 2 is 1.93 bits per heavy atom. The summed E-state index contributed by atoms with van der Waals surface area (Å²) in [5, 5.41) is 2.64. The highest BCUT2D eigenvalue weighted by atomic mass is 19.4. The predicted octanol–water partition coefficient (Wildman–Crippen LogP) is 3.67. The van der Waals surface area contributed by atoms with Crippen LogP contribution in [-0.2, 0) is 11.0 Å². The number of likely N-dealkylation sites (N-methyl/N-ethyl adjacent to an activating group) is 1. The molecule has 29 heavy (non-hydrogen) atoms. The second kappa shape index (κ2) is 8.48. The molecule has 0 atom stereocenters. The van der Waals surface area contributed by atoms with Crippen molar-refractivity contribution in [3.8, 4) is 5.75 Å². The minimum atomic E-state index is -4.57. The molecule has 0 bridgehead atoms. The van der Waals surface area contributed by atoms with Gasteiger partial charge < -0.3 is 15.0 Å². The summed E-state index contributed by atoms with van der Waals surface area (Å²) in [6, 6.07) is 9.89. The summed E-state index contributed by atoms with van der Waals surface area (Å²) in [4.78, 5) is 19.5. The first-order chi connectivity index (χ1) is 13.7. The molecule has 3 aromatic rings. The zero-order valence-corrected chi connectivity index (χ0v) is 15.4. The van der Waals surface area contributed by atoms with Gasteiger partial charge in [-0.1, -0.05) is 0 Å². The topological polar surface area (TPSA) is 70.2 Å². The van der Waals surface area contributed by atoms with Gasteiger partial charge in [0, 0.05) is 12.2 Å². The van der Waals surface area contributed by atoms with Crippen LogP contribution in [0.15, 0.2) is 42.5 Å². The van der Waals surface area contributed by atoms with E-state index in [1.165, 1.54) is 42.5 Å². The lowest BCUT2D eigenvalue weighted by Crippen LogP contribution is -2.33. The molecule has 0 aliphatic carbocycles. The SMILES string of the molecule is CN(CCOc1ccc(F)cc1)CC(=O)Nc1ccc2nc(C(F)(F)F)[nH]c2c1. The molecule has 1 heterocycles. The van der Waals surface area contributed by atoms with Crippen LogP contribution in [0, 0.1) is 5.82 Å². The van der Waals surface area contributed by atoms with Gasteiger partial charge in [0.2, 0.25) is 11.7 Å². The molecule has 0 aliphatic rings. The molecule has 0 saturated heterocycles. The third-order valence-electron chi connectivity index (χ3n) is 4.00. The van der Waals surface area contributed by atoms with E-state index in [1.807, 2.05) is 0 Å². The molecule has 2 N–H and O–H groups in total. The molecule has 0 aliphatic heterocycles. The van der Waals surface area contributed by atoms with E-state index in [1.54, 1.807) is 11.9 Å². The number of imidazole rings is 1. The summed E-state index contributed by atoms with van der Waals surface area (Å²) in [6.07, 6.45) is -4.57. The summed E-state index contributed by atoms with van der Waals surface area (Å²) >= 11 is 0. The Bertz CT molecular complexity index is 986. The number of ether oxygens (including phenoxy) is 1. The van der Waals surface area contributed by atoms with Crippen LogP contribution in [-0.4, -0.2) is 47.5 Å². The van der Waals surface area contributed by atoms with Crippen molar-refractivity contribution in [2.45, 2.75) is 6.18 Å². The number of amides is 1. The Balaban J connectivity index is 1.49. The molecule has 1 amide bonds. The third kappa shape index (κ3) is 5.67. The number of carbonyl (C=O) groups excluding carboxylic acids is 1. The highest BCUT2D eigenvalue weighted by Crippen LogP contribution is 2.29. The highest BCUT2D eigenvalue weighted by Gasteiger charge is 2.34. The van der Waals surface area contributed by atoms with Crippen molar-refractivity contribution >= 4 is 22.6 Å². The maximum Gasteiger partial charge on any atom is 0.449 e. The van der Waals surface area contributed by atoms with Crippen molar-refractivity contribution in [2.24, 2.45) is 0 Å². The van der Waals surface area contributed by atoms with Gasteiger partial charge in [0.25, 0.3) is 0 Å². The lowest BCUT2D eigenvalue weighted by Gasteiger charge is -2.16. The van der Waals surface area contributed by atoms with Crippen LogP contribution in [0.5, 0.6) is 5.75 Å². The van der Waals surface area contributed by atoms with Gasteiger partial charge in [0.1, 0.15) is 18.2 Å². The molecule has 1 aromatic heterocycles. The maximum atomic E-state index is 12.8. The average Bonchev–Trinajstić information content (AvgIpc) is 3.07. The minimum absolute atomic E-state index is 0.0571. The fraction of sp³-hybridized carbons (Fsp3) is 0.263. The van der Waals surface area contributed by atoms with Gasteiger partial charge in [-0.2, -0.15) is 13.2 Å². The number of hydrogen-bond donors (Lipinski definition) is 2. The van der Waals surface area contributed by atoms with E-state index in [0.29, 0.717) is 24.6 Å². The standard InChI is InChI=1S/C19H18F4N4O2/c1-27(8-9-29-14-5-2-12(20)3-6-14)11-17(28)24-13-4-7-15-16(10-13)26-18(25-15)19(21,22)23/h2-7,10H,8-9,11H2,1H3,(H,24,28)(H,25,26). The first-order valence-corrected chi connectivity index (χ1v) is 8.64. The number of aromatic nitrogens is 2. The number of nitrogens with one attached hydrogen (secondary N) is 2. The maximum absolute atomic E-state index is 12.8. The van der Waals surface area contributed by atoms with Crippen molar-refractivity contribution < 1.29 is 27.1 Å². The molecule has 6 nitrogen and oxygen atoms in total. The van der Waals surface area contributed by atoms with Gasteiger partial charge in [-0.15, -0.1) is 0 Å². The molecule has 0 spiro atoms. The molecule has 10 heteroatoms. The number of fused-ring (bicyclic) bond motifs is 1. The number of anilines is 1. The van der Waals surface area contributed by atoms with Crippen LogP contribution in [0.4, 0.5) is 23.2 Å². The van der Waals surface area contributed by atoms with Gasteiger partial charge in [-0.3, -0.25) is 9.69 Å². The zero-order valence-electron chi connectivity index (χ0n) is 15.4. The minimum Gasteiger partial charge on any atom is -0.492 e. The number of halogens is 4. The molecule has 0 saturated carbocycles. The van der Waals surface area contributed by atoms with Crippen molar-refractivity contribution in [3.63, 3.8) is 0 Å². The van der Waals surface area contributed by atoms with Crippen LogP contribution >= 0.6 is 0 Å². The van der Waals surface area contributed by atoms with Gasteiger partial charge in [-0.05, 0) is 49.5 Å². The molecular formula is C19H18F4N4O2. The normalized spacial score (nSPS) is 11.8. The molecule has 2 aromatic carbocycles. The Morgan fingerprint density at radius 3 is 2.62 bits per heavy atom. The lowest BCUT2D eigenvalue weighted by atomic mass is 10.2. The molecule has 154 valence electrons. The van der Waals surface area contributed by atoms with Crippen LogP contribution in [0.1, 0.15) is 5.82 Å². The largest absolute Gasteiger partial charge is 0.492 e. The fourth-order valence-electron chi connectivity index (χ4n) is 2.60. The van der Waals surface area contributed by atoms with Crippen LogP contribution in [0.2, 0.25) is 0 Å². The number of hydrogen-bond acceptors (Lipinski definition) is 4. The molecule has 3 rings (SSSR count). The number of carbonyl (C=O) groups is 1. The second-order valence-corrected chi connectivity index (χ2v) is 6.40. The van der Waals surface area contributed by atoms with Crippen molar-refractivity contribution in [1.29, 1.82) is 0 Å². The number of aromatic amines is 1.